The van der Waals surface area contributed by atoms with Crippen LogP contribution in [0.4, 0.5) is 0 Å². The van der Waals surface area contributed by atoms with Gasteiger partial charge in [-0.25, -0.2) is 9.59 Å². The van der Waals surface area contributed by atoms with E-state index in [1.807, 2.05) is 0 Å². The molecule has 0 bridgehead atoms. The van der Waals surface area contributed by atoms with E-state index < -0.39 is 48.4 Å². The van der Waals surface area contributed by atoms with Crippen molar-refractivity contribution in [3.05, 3.63) is 23.8 Å². The second kappa shape index (κ2) is 8.03. The molecule has 10 nitrogen and oxygen atoms in total. The largest absolute Gasteiger partial charge is 0.493 e. The van der Waals surface area contributed by atoms with Crippen molar-refractivity contribution in [3.8, 4) is 17.2 Å². The van der Waals surface area contributed by atoms with Gasteiger partial charge >= 0.3 is 11.9 Å². The Hall–Kier alpha value is -2.82. The first-order chi connectivity index (χ1) is 14.8. The van der Waals surface area contributed by atoms with Gasteiger partial charge in [0.15, 0.2) is 35.8 Å². The lowest BCUT2D eigenvalue weighted by Gasteiger charge is -2.21. The van der Waals surface area contributed by atoms with Crippen molar-refractivity contribution in [1.82, 2.24) is 0 Å². The minimum Gasteiger partial charge on any atom is -0.493 e. The van der Waals surface area contributed by atoms with Crippen LogP contribution in [-0.4, -0.2) is 69.8 Å². The first-order valence-electron chi connectivity index (χ1n) is 9.66. The van der Waals surface area contributed by atoms with Gasteiger partial charge in [0, 0.05) is 6.08 Å². The minimum atomic E-state index is -1.21. The summed E-state index contributed by atoms with van der Waals surface area (Å²) >= 11 is 0. The van der Waals surface area contributed by atoms with E-state index in [4.69, 9.17) is 37.9 Å². The van der Waals surface area contributed by atoms with Crippen molar-refractivity contribution in [2.45, 2.75) is 50.3 Å². The van der Waals surface area contributed by atoms with Crippen LogP contribution in [0.2, 0.25) is 0 Å². The standard InChI is InChI=1S/C21H24O10/c1-21(2)30-18-16-15(29-20(18)31-21)17(19(23)28-16)27-13(22)7-6-10-8-11(24-3)14(26-5)12(9-10)25-4/h6-9,15-18,20H,1-5H3. The topological polar surface area (TPSA) is 108 Å². The molecule has 1 aromatic rings. The van der Waals surface area contributed by atoms with E-state index in [1.165, 1.54) is 33.5 Å². The first-order valence-corrected chi connectivity index (χ1v) is 9.66. The Morgan fingerprint density at radius 1 is 1.00 bits per heavy atom. The van der Waals surface area contributed by atoms with Gasteiger partial charge in [0.25, 0.3) is 0 Å². The SMILES string of the molecule is COc1cc(C=CC(=O)OC2C(=O)OC3C4OC(C)(C)OC4OC23)cc(OC)c1OC. The number of hydrogen-bond donors (Lipinski definition) is 0. The van der Waals surface area contributed by atoms with Crippen LogP contribution in [0, 0.1) is 0 Å². The summed E-state index contributed by atoms with van der Waals surface area (Å²) in [7, 11) is 4.48. The highest BCUT2D eigenvalue weighted by molar-refractivity contribution is 5.90. The highest BCUT2D eigenvalue weighted by Crippen LogP contribution is 2.43. The quantitative estimate of drug-likeness (QED) is 0.480. The van der Waals surface area contributed by atoms with Crippen molar-refractivity contribution in [3.63, 3.8) is 0 Å². The van der Waals surface area contributed by atoms with Crippen molar-refractivity contribution < 1.29 is 47.5 Å². The Morgan fingerprint density at radius 2 is 1.68 bits per heavy atom. The summed E-state index contributed by atoms with van der Waals surface area (Å²) in [6.07, 6.45) is -1.26. The monoisotopic (exact) mass is 436 g/mol. The van der Waals surface area contributed by atoms with Gasteiger partial charge < -0.3 is 37.9 Å². The molecule has 0 saturated carbocycles. The van der Waals surface area contributed by atoms with E-state index in [9.17, 15) is 9.59 Å². The molecule has 168 valence electrons. The zero-order chi connectivity index (χ0) is 22.3. The normalized spacial score (nSPS) is 30.6. The number of methoxy groups -OCH3 is 3. The van der Waals surface area contributed by atoms with Crippen LogP contribution in [0.5, 0.6) is 17.2 Å². The molecule has 0 radical (unpaired) electrons. The summed E-state index contributed by atoms with van der Waals surface area (Å²) in [5.41, 5.74) is 0.606. The molecule has 3 heterocycles. The van der Waals surface area contributed by atoms with Crippen molar-refractivity contribution >= 4 is 18.0 Å². The van der Waals surface area contributed by atoms with Crippen molar-refractivity contribution in [2.75, 3.05) is 21.3 Å². The zero-order valence-electron chi connectivity index (χ0n) is 17.8. The van der Waals surface area contributed by atoms with Gasteiger partial charge in [-0.2, -0.15) is 0 Å². The number of rotatable bonds is 6. The molecule has 0 N–H and O–H groups in total. The zero-order valence-corrected chi connectivity index (χ0v) is 17.8. The number of carbonyl (C=O) groups excluding carboxylic acids is 2. The Balaban J connectivity index is 1.44. The maximum Gasteiger partial charge on any atom is 0.350 e. The lowest BCUT2D eigenvalue weighted by molar-refractivity contribution is -0.216. The Labute approximate surface area is 178 Å². The molecule has 5 atom stereocenters. The molecule has 10 heteroatoms. The molecule has 3 fully saturated rings. The molecule has 0 spiro atoms. The molecule has 0 aliphatic carbocycles. The molecule has 4 rings (SSSR count). The van der Waals surface area contributed by atoms with Crippen LogP contribution >= 0.6 is 0 Å². The summed E-state index contributed by atoms with van der Waals surface area (Å²) < 4.78 is 43.6. The predicted molar refractivity (Wildman–Crippen MR) is 104 cm³/mol. The Morgan fingerprint density at radius 3 is 2.29 bits per heavy atom. The lowest BCUT2D eigenvalue weighted by atomic mass is 10.1. The third-order valence-corrected chi connectivity index (χ3v) is 5.15. The van der Waals surface area contributed by atoms with Gasteiger partial charge in [-0.3, -0.25) is 0 Å². The highest BCUT2D eigenvalue weighted by Gasteiger charge is 2.64. The number of esters is 2. The molecule has 3 aliphatic rings. The number of ether oxygens (including phenoxy) is 8. The van der Waals surface area contributed by atoms with Crippen molar-refractivity contribution in [2.24, 2.45) is 0 Å². The minimum absolute atomic E-state index is 0.431. The van der Waals surface area contributed by atoms with Gasteiger partial charge in [-0.15, -0.1) is 0 Å². The summed E-state index contributed by atoms with van der Waals surface area (Å²) in [6, 6.07) is 3.34. The van der Waals surface area contributed by atoms with Crippen molar-refractivity contribution in [1.29, 1.82) is 0 Å². The average molecular weight is 436 g/mol. The number of carbonyl (C=O) groups is 2. The fraction of sp³-hybridized carbons (Fsp3) is 0.524. The number of fused-ring (bicyclic) bond motifs is 3. The molecule has 3 aliphatic heterocycles. The molecular weight excluding hydrogens is 412 g/mol. The third kappa shape index (κ3) is 3.93. The summed E-state index contributed by atoms with van der Waals surface area (Å²) in [5.74, 6) is -0.960. The Kier molecular flexibility index (Phi) is 5.54. The highest BCUT2D eigenvalue weighted by atomic mass is 16.9. The van der Waals surface area contributed by atoms with Gasteiger partial charge in [-0.1, -0.05) is 0 Å². The molecule has 1 aromatic carbocycles. The molecule has 0 aromatic heterocycles. The first kappa shape index (κ1) is 21.4. The summed E-state index contributed by atoms with van der Waals surface area (Å²) in [5, 5.41) is 0. The van der Waals surface area contributed by atoms with E-state index in [2.05, 4.69) is 0 Å². The van der Waals surface area contributed by atoms with Gasteiger partial charge in [-0.05, 0) is 37.6 Å². The van der Waals surface area contributed by atoms with Crippen LogP contribution in [0.1, 0.15) is 19.4 Å². The fourth-order valence-corrected chi connectivity index (χ4v) is 3.86. The second-order valence-corrected chi connectivity index (χ2v) is 7.62. The van der Waals surface area contributed by atoms with E-state index in [-0.39, 0.29) is 0 Å². The van der Waals surface area contributed by atoms with E-state index in [1.54, 1.807) is 26.0 Å². The van der Waals surface area contributed by atoms with E-state index in [0.29, 0.717) is 22.8 Å². The molecule has 3 saturated heterocycles. The molecule has 31 heavy (non-hydrogen) atoms. The smallest absolute Gasteiger partial charge is 0.350 e. The Bertz CT molecular complexity index is 882. The summed E-state index contributed by atoms with van der Waals surface area (Å²) in [4.78, 5) is 24.6. The van der Waals surface area contributed by atoms with Gasteiger partial charge in [0.1, 0.15) is 6.10 Å². The fourth-order valence-electron chi connectivity index (χ4n) is 3.86. The lowest BCUT2D eigenvalue weighted by Crippen LogP contribution is -2.37. The predicted octanol–water partition coefficient (Wildman–Crippen LogP) is 1.44. The number of hydrogen-bond acceptors (Lipinski definition) is 10. The maximum atomic E-state index is 12.4. The van der Waals surface area contributed by atoms with E-state index >= 15 is 0 Å². The average Bonchev–Trinajstić information content (AvgIpc) is 3.31. The van der Waals surface area contributed by atoms with Crippen LogP contribution in [0.25, 0.3) is 6.08 Å². The number of benzene rings is 1. The summed E-state index contributed by atoms with van der Waals surface area (Å²) in [6.45, 7) is 3.48. The molecule has 0 amide bonds. The maximum absolute atomic E-state index is 12.4. The van der Waals surface area contributed by atoms with Crippen LogP contribution in [-0.2, 0) is 33.3 Å². The van der Waals surface area contributed by atoms with Gasteiger partial charge in [0.05, 0.1) is 21.3 Å². The van der Waals surface area contributed by atoms with E-state index in [0.717, 1.165) is 0 Å². The van der Waals surface area contributed by atoms with Crippen LogP contribution < -0.4 is 14.2 Å². The third-order valence-electron chi connectivity index (χ3n) is 5.15. The van der Waals surface area contributed by atoms with Crippen LogP contribution in [0.3, 0.4) is 0 Å². The van der Waals surface area contributed by atoms with Crippen LogP contribution in [0.15, 0.2) is 18.2 Å². The molecular formula is C21H24O10. The van der Waals surface area contributed by atoms with Gasteiger partial charge in [0.2, 0.25) is 11.9 Å². The second-order valence-electron chi connectivity index (χ2n) is 7.62. The molecule has 5 unspecified atom stereocenters.